The Balaban J connectivity index is 1.10. The van der Waals surface area contributed by atoms with E-state index in [0.717, 1.165) is 45.0 Å². The zero-order valence-corrected chi connectivity index (χ0v) is 18.0. The van der Waals surface area contributed by atoms with E-state index in [1.54, 1.807) is 0 Å². The van der Waals surface area contributed by atoms with Crippen LogP contribution in [0.3, 0.4) is 0 Å². The highest BCUT2D eigenvalue weighted by molar-refractivity contribution is 5.81. The van der Waals surface area contributed by atoms with Crippen LogP contribution in [0.15, 0.2) is 35.3 Å². The molecule has 6 heteroatoms. The summed E-state index contributed by atoms with van der Waals surface area (Å²) < 4.78 is 6.03. The van der Waals surface area contributed by atoms with Gasteiger partial charge in [-0.15, -0.1) is 0 Å². The molecule has 2 aliphatic carbocycles. The predicted molar refractivity (Wildman–Crippen MR) is 117 cm³/mol. The van der Waals surface area contributed by atoms with E-state index in [-0.39, 0.29) is 5.91 Å². The van der Waals surface area contributed by atoms with Gasteiger partial charge >= 0.3 is 0 Å². The first-order valence-corrected chi connectivity index (χ1v) is 11.6. The smallest absolute Gasteiger partial charge is 0.223 e. The molecule has 0 bridgehead atoms. The molecule has 162 valence electrons. The van der Waals surface area contributed by atoms with E-state index in [2.05, 4.69) is 39.9 Å². The SMILES string of the molecule is CN=C(NCC1CC(=O)N(CCc2ccccc2)C1)NC1C2CCOC2C12CCC2. The lowest BCUT2D eigenvalue weighted by atomic mass is 9.46. The van der Waals surface area contributed by atoms with Gasteiger partial charge in [-0.05, 0) is 31.2 Å². The van der Waals surface area contributed by atoms with Gasteiger partial charge in [-0.2, -0.15) is 0 Å². The number of aliphatic imine (C=N–C) groups is 1. The van der Waals surface area contributed by atoms with Gasteiger partial charge in [0.2, 0.25) is 5.91 Å². The number of hydrogen-bond donors (Lipinski definition) is 2. The van der Waals surface area contributed by atoms with Gasteiger partial charge in [-0.3, -0.25) is 9.79 Å². The average molecular weight is 411 g/mol. The minimum Gasteiger partial charge on any atom is -0.377 e. The number of carbonyl (C=O) groups excluding carboxylic acids is 1. The maximum Gasteiger partial charge on any atom is 0.223 e. The number of carbonyl (C=O) groups is 1. The molecule has 1 aromatic rings. The molecule has 0 aromatic heterocycles. The van der Waals surface area contributed by atoms with Crippen molar-refractivity contribution < 1.29 is 9.53 Å². The Kier molecular flexibility index (Phi) is 5.44. The van der Waals surface area contributed by atoms with Crippen LogP contribution in [-0.2, 0) is 16.0 Å². The Labute approximate surface area is 179 Å². The second-order valence-electron chi connectivity index (χ2n) is 9.55. The summed E-state index contributed by atoms with van der Waals surface area (Å²) in [5.74, 6) is 2.13. The minimum atomic E-state index is 0.277. The van der Waals surface area contributed by atoms with Crippen molar-refractivity contribution in [2.24, 2.45) is 22.2 Å². The maximum atomic E-state index is 12.4. The first kappa shape index (κ1) is 19.9. The Morgan fingerprint density at radius 3 is 2.87 bits per heavy atom. The molecule has 2 saturated heterocycles. The summed E-state index contributed by atoms with van der Waals surface area (Å²) in [6.07, 6.45) is 7.04. The molecule has 0 radical (unpaired) electrons. The fraction of sp³-hybridized carbons (Fsp3) is 0.667. The van der Waals surface area contributed by atoms with Gasteiger partial charge in [0.05, 0.1) is 6.10 Å². The van der Waals surface area contributed by atoms with Gasteiger partial charge in [0.1, 0.15) is 0 Å². The summed E-state index contributed by atoms with van der Waals surface area (Å²) in [7, 11) is 1.84. The first-order chi connectivity index (χ1) is 14.7. The number of rotatable bonds is 6. The molecule has 2 heterocycles. The molecule has 6 nitrogen and oxygen atoms in total. The lowest BCUT2D eigenvalue weighted by molar-refractivity contribution is -0.171. The second kappa shape index (κ2) is 8.22. The molecule has 4 atom stereocenters. The number of ether oxygens (including phenoxy) is 1. The zero-order chi connectivity index (χ0) is 20.6. The molecule has 4 fully saturated rings. The molecular weight excluding hydrogens is 376 g/mol. The van der Waals surface area contributed by atoms with Crippen molar-refractivity contribution >= 4 is 11.9 Å². The minimum absolute atomic E-state index is 0.277. The summed E-state index contributed by atoms with van der Waals surface area (Å²) in [6.45, 7) is 3.34. The molecule has 5 rings (SSSR count). The van der Waals surface area contributed by atoms with Crippen LogP contribution in [0, 0.1) is 17.3 Å². The van der Waals surface area contributed by atoms with E-state index in [1.807, 2.05) is 18.0 Å². The molecule has 2 aliphatic heterocycles. The summed E-state index contributed by atoms with van der Waals surface area (Å²) in [5, 5.41) is 7.23. The lowest BCUT2D eigenvalue weighted by Gasteiger charge is -2.63. The molecular formula is C24H34N4O2. The maximum absolute atomic E-state index is 12.4. The van der Waals surface area contributed by atoms with Crippen LogP contribution >= 0.6 is 0 Å². The molecule has 2 saturated carbocycles. The van der Waals surface area contributed by atoms with Crippen molar-refractivity contribution in [1.82, 2.24) is 15.5 Å². The Morgan fingerprint density at radius 1 is 1.30 bits per heavy atom. The van der Waals surface area contributed by atoms with Gasteiger partial charge in [0.25, 0.3) is 0 Å². The van der Waals surface area contributed by atoms with E-state index in [9.17, 15) is 4.79 Å². The molecule has 4 unspecified atom stereocenters. The van der Waals surface area contributed by atoms with Gasteiger partial charge in [-0.1, -0.05) is 36.8 Å². The normalized spacial score (nSPS) is 32.0. The van der Waals surface area contributed by atoms with Gasteiger partial charge in [0, 0.05) is 63.0 Å². The van der Waals surface area contributed by atoms with Crippen LogP contribution in [0.25, 0.3) is 0 Å². The van der Waals surface area contributed by atoms with Crippen molar-refractivity contribution in [1.29, 1.82) is 0 Å². The Hall–Kier alpha value is -2.08. The van der Waals surface area contributed by atoms with Crippen LogP contribution in [0.5, 0.6) is 0 Å². The number of fused-ring (bicyclic) bond motifs is 2. The molecule has 30 heavy (non-hydrogen) atoms. The van der Waals surface area contributed by atoms with Crippen molar-refractivity contribution in [2.75, 3.05) is 33.3 Å². The van der Waals surface area contributed by atoms with Crippen molar-refractivity contribution in [3.05, 3.63) is 35.9 Å². The zero-order valence-electron chi connectivity index (χ0n) is 18.0. The topological polar surface area (TPSA) is 66.0 Å². The highest BCUT2D eigenvalue weighted by Gasteiger charge is 2.66. The van der Waals surface area contributed by atoms with Gasteiger partial charge < -0.3 is 20.3 Å². The van der Waals surface area contributed by atoms with E-state index in [4.69, 9.17) is 4.74 Å². The van der Waals surface area contributed by atoms with Crippen LogP contribution in [0.2, 0.25) is 0 Å². The first-order valence-electron chi connectivity index (χ1n) is 11.6. The van der Waals surface area contributed by atoms with Crippen LogP contribution in [-0.4, -0.2) is 62.2 Å². The highest BCUT2D eigenvalue weighted by atomic mass is 16.5. The Morgan fingerprint density at radius 2 is 2.13 bits per heavy atom. The van der Waals surface area contributed by atoms with Crippen LogP contribution in [0.4, 0.5) is 0 Å². The summed E-state index contributed by atoms with van der Waals surface area (Å²) in [5.41, 5.74) is 1.63. The number of amides is 1. The number of hydrogen-bond acceptors (Lipinski definition) is 3. The third-order valence-electron chi connectivity index (χ3n) is 7.92. The van der Waals surface area contributed by atoms with Crippen molar-refractivity contribution in [3.8, 4) is 0 Å². The molecule has 1 amide bonds. The molecule has 4 aliphatic rings. The van der Waals surface area contributed by atoms with Crippen LogP contribution < -0.4 is 10.6 Å². The van der Waals surface area contributed by atoms with Crippen molar-refractivity contribution in [3.63, 3.8) is 0 Å². The summed E-state index contributed by atoms with van der Waals surface area (Å²) in [4.78, 5) is 18.9. The molecule has 2 N–H and O–H groups in total. The number of nitrogens with zero attached hydrogens (tertiary/aromatic N) is 2. The summed E-state index contributed by atoms with van der Waals surface area (Å²) >= 11 is 0. The van der Waals surface area contributed by atoms with E-state index in [1.165, 1.54) is 24.8 Å². The monoisotopic (exact) mass is 410 g/mol. The molecule has 1 aromatic carbocycles. The fourth-order valence-electron chi connectivity index (χ4n) is 6.15. The highest BCUT2D eigenvalue weighted by Crippen LogP contribution is 2.62. The average Bonchev–Trinajstić information content (AvgIpc) is 3.30. The Bertz CT molecular complexity index is 792. The lowest BCUT2D eigenvalue weighted by Crippen LogP contribution is -2.72. The number of benzene rings is 1. The summed E-state index contributed by atoms with van der Waals surface area (Å²) in [6, 6.07) is 10.9. The van der Waals surface area contributed by atoms with Crippen molar-refractivity contribution in [2.45, 2.75) is 50.7 Å². The van der Waals surface area contributed by atoms with Gasteiger partial charge in [-0.25, -0.2) is 0 Å². The van der Waals surface area contributed by atoms with E-state index < -0.39 is 0 Å². The third kappa shape index (κ3) is 3.49. The van der Waals surface area contributed by atoms with Gasteiger partial charge in [0.15, 0.2) is 5.96 Å². The van der Waals surface area contributed by atoms with Crippen LogP contribution in [0.1, 0.15) is 37.7 Å². The fourth-order valence-corrected chi connectivity index (χ4v) is 6.15. The third-order valence-corrected chi connectivity index (χ3v) is 7.92. The number of guanidine groups is 1. The number of nitrogens with one attached hydrogen (secondary N) is 2. The largest absolute Gasteiger partial charge is 0.377 e. The van der Waals surface area contributed by atoms with E-state index >= 15 is 0 Å². The quantitative estimate of drug-likeness (QED) is 0.557. The second-order valence-corrected chi connectivity index (χ2v) is 9.55. The van der Waals surface area contributed by atoms with E-state index in [0.29, 0.717) is 35.8 Å². The molecule has 1 spiro atoms. The number of likely N-dealkylation sites (tertiary alicyclic amines) is 1. The predicted octanol–water partition coefficient (Wildman–Crippen LogP) is 2.20. The standard InChI is InChI=1S/C24H34N4O2/c1-25-23(27-21-19-9-13-30-22(19)24(21)10-5-11-24)26-15-18-14-20(29)28(16-18)12-8-17-6-3-2-4-7-17/h2-4,6-7,18-19,21-22H,5,8-16H2,1H3,(H2,25,26,27).